The van der Waals surface area contributed by atoms with Gasteiger partial charge in [-0.15, -0.1) is 0 Å². The van der Waals surface area contributed by atoms with Crippen LogP contribution in [0.5, 0.6) is 11.5 Å². The van der Waals surface area contributed by atoms with Gasteiger partial charge in [-0.05, 0) is 59.4 Å². The summed E-state index contributed by atoms with van der Waals surface area (Å²) in [6, 6.07) is 14.7. The number of allylic oxidation sites excluding steroid dienone is 2. The van der Waals surface area contributed by atoms with Gasteiger partial charge in [0.1, 0.15) is 11.5 Å². The van der Waals surface area contributed by atoms with Gasteiger partial charge in [0.25, 0.3) is 0 Å². The van der Waals surface area contributed by atoms with Gasteiger partial charge in [-0.1, -0.05) is 38.1 Å². The van der Waals surface area contributed by atoms with Gasteiger partial charge in [-0.3, -0.25) is 0 Å². The van der Waals surface area contributed by atoms with Gasteiger partial charge in [0.2, 0.25) is 0 Å². The predicted molar refractivity (Wildman–Crippen MR) is 97.9 cm³/mol. The molecule has 0 spiro atoms. The van der Waals surface area contributed by atoms with Crippen molar-refractivity contribution in [1.29, 1.82) is 0 Å². The minimum absolute atomic E-state index is 0.284. The Morgan fingerprint density at radius 2 is 0.960 bits per heavy atom. The molecule has 0 heterocycles. The highest BCUT2D eigenvalue weighted by Crippen LogP contribution is 2.32. The Bertz CT molecular complexity index is 680. The molecule has 0 saturated heterocycles. The lowest BCUT2D eigenvalue weighted by atomic mass is 9.91. The van der Waals surface area contributed by atoms with Crippen LogP contribution in [0.15, 0.2) is 48.5 Å². The number of hydrogen-bond donors (Lipinski definition) is 5. The van der Waals surface area contributed by atoms with Crippen LogP contribution < -0.4 is 0 Å². The molecule has 2 aromatic carbocycles. The molecule has 25 heavy (non-hydrogen) atoms. The van der Waals surface area contributed by atoms with Crippen molar-refractivity contribution in [3.05, 3.63) is 59.7 Å². The van der Waals surface area contributed by atoms with E-state index in [1.54, 1.807) is 24.3 Å². The Morgan fingerprint density at radius 1 is 0.720 bits per heavy atom. The normalized spacial score (nSPS) is 12.0. The van der Waals surface area contributed by atoms with E-state index in [1.807, 2.05) is 24.3 Å². The average Bonchev–Trinajstić information content (AvgIpc) is 2.53. The number of phenolic OH excluding ortho intramolecular Hbond substituents is 2. The molecule has 0 aromatic heterocycles. The van der Waals surface area contributed by atoms with Crippen LogP contribution in [0.3, 0.4) is 0 Å². The zero-order valence-corrected chi connectivity index (χ0v) is 15.0. The van der Waals surface area contributed by atoms with Crippen molar-refractivity contribution in [2.75, 3.05) is 0 Å². The van der Waals surface area contributed by atoms with Crippen LogP contribution in [0.25, 0.3) is 11.1 Å². The van der Waals surface area contributed by atoms with E-state index in [2.05, 4.69) is 13.8 Å². The summed E-state index contributed by atoms with van der Waals surface area (Å²) in [6.45, 7) is 4.27. The van der Waals surface area contributed by atoms with Crippen LogP contribution in [0, 0.1) is 0 Å². The predicted octanol–water partition coefficient (Wildman–Crippen LogP) is 3.90. The van der Waals surface area contributed by atoms with Crippen molar-refractivity contribution < 1.29 is 29.5 Å². The summed E-state index contributed by atoms with van der Waals surface area (Å²) in [6.07, 6.45) is 1.85. The highest BCUT2D eigenvalue weighted by Gasteiger charge is 2.09. The lowest BCUT2D eigenvalue weighted by Gasteiger charge is -2.14. The average molecular weight is 366 g/mol. The van der Waals surface area contributed by atoms with Crippen molar-refractivity contribution in [3.63, 3.8) is 0 Å². The first kappa shape index (κ1) is 20.9. The molecule has 0 atom stereocenters. The Kier molecular flexibility index (Phi) is 7.87. The van der Waals surface area contributed by atoms with Gasteiger partial charge in [-0.25, -0.2) is 4.57 Å². The zero-order valence-electron chi connectivity index (χ0n) is 14.1. The molecule has 0 bridgehead atoms. The van der Waals surface area contributed by atoms with Crippen LogP contribution in [-0.4, -0.2) is 24.9 Å². The van der Waals surface area contributed by atoms with Crippen LogP contribution >= 0.6 is 7.82 Å². The number of rotatable bonds is 4. The maximum atomic E-state index is 9.41. The molecule has 7 heteroatoms. The fourth-order valence-corrected chi connectivity index (χ4v) is 2.51. The maximum absolute atomic E-state index is 9.41. The fourth-order valence-electron chi connectivity index (χ4n) is 2.51. The van der Waals surface area contributed by atoms with E-state index in [9.17, 15) is 10.2 Å². The molecule has 2 rings (SSSR count). The maximum Gasteiger partial charge on any atom is 0.466 e. The van der Waals surface area contributed by atoms with Gasteiger partial charge in [-0.2, -0.15) is 0 Å². The van der Waals surface area contributed by atoms with Crippen molar-refractivity contribution >= 4 is 19.0 Å². The first-order chi connectivity index (χ1) is 11.7. The van der Waals surface area contributed by atoms with E-state index in [-0.39, 0.29) is 11.5 Å². The molecule has 0 saturated carbocycles. The molecule has 2 aromatic rings. The molecule has 0 aliphatic rings. The van der Waals surface area contributed by atoms with Gasteiger partial charge in [0.05, 0.1) is 0 Å². The number of aromatic hydroxyl groups is 2. The van der Waals surface area contributed by atoms with Gasteiger partial charge >= 0.3 is 7.82 Å². The molecular formula is C18H23O6P. The molecule has 136 valence electrons. The molecule has 0 aliphatic carbocycles. The number of hydrogen-bond acceptors (Lipinski definition) is 3. The van der Waals surface area contributed by atoms with Crippen LogP contribution in [0.1, 0.15) is 37.8 Å². The molecule has 6 nitrogen and oxygen atoms in total. The van der Waals surface area contributed by atoms with Crippen molar-refractivity contribution in [3.8, 4) is 11.5 Å². The summed E-state index contributed by atoms with van der Waals surface area (Å²) in [5.74, 6) is 0.568. The molecule has 0 unspecified atom stereocenters. The van der Waals surface area contributed by atoms with Crippen LogP contribution in [-0.2, 0) is 4.57 Å². The van der Waals surface area contributed by atoms with E-state index in [0.29, 0.717) is 0 Å². The van der Waals surface area contributed by atoms with E-state index in [0.717, 1.165) is 24.0 Å². The van der Waals surface area contributed by atoms with Gasteiger partial charge in [0.15, 0.2) is 0 Å². The standard InChI is InChI=1S/C18H20O2.H3O4P/c1-3-17(13-5-9-15(19)10-6-13)18(4-2)14-7-11-16(20)12-8-14;1-5(2,3)4/h5-12,19-20H,3-4H2,1-2H3;(H3,1,2,3,4)/b18-17+;. The second kappa shape index (κ2) is 9.39. The highest BCUT2D eigenvalue weighted by molar-refractivity contribution is 7.45. The Labute approximate surface area is 147 Å². The molecule has 5 N–H and O–H groups in total. The highest BCUT2D eigenvalue weighted by atomic mass is 31.2. The summed E-state index contributed by atoms with van der Waals surface area (Å²) in [5.41, 5.74) is 4.82. The summed E-state index contributed by atoms with van der Waals surface area (Å²) in [7, 11) is -4.64. The zero-order chi connectivity index (χ0) is 19.0. The first-order valence-electron chi connectivity index (χ1n) is 7.74. The quantitative estimate of drug-likeness (QED) is 0.414. The molecule has 0 radical (unpaired) electrons. The minimum Gasteiger partial charge on any atom is -0.508 e. The third-order valence-electron chi connectivity index (χ3n) is 3.50. The Morgan fingerprint density at radius 3 is 1.16 bits per heavy atom. The number of phenols is 2. The van der Waals surface area contributed by atoms with E-state index < -0.39 is 7.82 Å². The van der Waals surface area contributed by atoms with Crippen molar-refractivity contribution in [2.24, 2.45) is 0 Å². The van der Waals surface area contributed by atoms with Gasteiger partial charge in [0, 0.05) is 0 Å². The summed E-state index contributed by atoms with van der Waals surface area (Å²) in [4.78, 5) is 21.6. The van der Waals surface area contributed by atoms with Crippen LogP contribution in [0.4, 0.5) is 0 Å². The van der Waals surface area contributed by atoms with Crippen LogP contribution in [0.2, 0.25) is 0 Å². The third kappa shape index (κ3) is 7.54. The number of phosphoric acid groups is 1. The van der Waals surface area contributed by atoms with E-state index in [1.165, 1.54) is 11.1 Å². The monoisotopic (exact) mass is 366 g/mol. The second-order valence-electron chi connectivity index (χ2n) is 5.27. The lowest BCUT2D eigenvalue weighted by Crippen LogP contribution is -1.91. The largest absolute Gasteiger partial charge is 0.508 e. The van der Waals surface area contributed by atoms with Crippen molar-refractivity contribution in [2.45, 2.75) is 26.7 Å². The van der Waals surface area contributed by atoms with Gasteiger partial charge < -0.3 is 24.9 Å². The summed E-state index contributed by atoms with van der Waals surface area (Å²) < 4.78 is 8.88. The fraction of sp³-hybridized carbons (Fsp3) is 0.222. The SMILES string of the molecule is CC/C(=C(/CC)c1ccc(O)cc1)c1ccc(O)cc1.O=P(O)(O)O. The first-order valence-corrected chi connectivity index (χ1v) is 9.31. The van der Waals surface area contributed by atoms with E-state index in [4.69, 9.17) is 19.2 Å². The molecule has 0 aliphatic heterocycles. The Hall–Kier alpha value is -2.11. The third-order valence-corrected chi connectivity index (χ3v) is 3.50. The molecular weight excluding hydrogens is 343 g/mol. The minimum atomic E-state index is -4.64. The lowest BCUT2D eigenvalue weighted by molar-refractivity contribution is 0.275. The molecule has 0 fully saturated rings. The molecule has 0 amide bonds. The van der Waals surface area contributed by atoms with Crippen molar-refractivity contribution in [1.82, 2.24) is 0 Å². The smallest absolute Gasteiger partial charge is 0.466 e. The Balaban J connectivity index is 0.000000550. The van der Waals surface area contributed by atoms with E-state index >= 15 is 0 Å². The summed E-state index contributed by atoms with van der Waals surface area (Å²) in [5, 5.41) is 18.8. The number of benzene rings is 2. The topological polar surface area (TPSA) is 118 Å². The second-order valence-corrected chi connectivity index (χ2v) is 6.30. The summed E-state index contributed by atoms with van der Waals surface area (Å²) >= 11 is 0.